The van der Waals surface area contributed by atoms with Gasteiger partial charge in [-0.25, -0.2) is 0 Å². The normalized spacial score (nSPS) is 18.2. The number of carbonyl (C=O) groups is 1. The molecule has 1 aromatic carbocycles. The molecule has 5 nitrogen and oxygen atoms in total. The number of aromatic nitrogens is 2. The molecule has 1 unspecified atom stereocenters. The molecule has 1 aliphatic heterocycles. The van der Waals surface area contributed by atoms with Crippen LogP contribution in [0.15, 0.2) is 28.8 Å². The van der Waals surface area contributed by atoms with E-state index in [0.717, 1.165) is 25.1 Å². The molecule has 1 aromatic heterocycles. The Labute approximate surface area is 140 Å². The third-order valence-electron chi connectivity index (χ3n) is 4.15. The molecule has 2 aromatic rings. The van der Waals surface area contributed by atoms with E-state index in [1.165, 1.54) is 6.42 Å². The van der Waals surface area contributed by atoms with Crippen LogP contribution >= 0.6 is 11.6 Å². The highest BCUT2D eigenvalue weighted by molar-refractivity contribution is 6.33. The van der Waals surface area contributed by atoms with Crippen LogP contribution in [0, 0.1) is 5.92 Å². The molecule has 122 valence electrons. The molecule has 0 bridgehead atoms. The predicted octanol–water partition coefficient (Wildman–Crippen LogP) is 3.58. The van der Waals surface area contributed by atoms with Crippen molar-refractivity contribution < 1.29 is 9.32 Å². The molecular formula is C17H20ClN3O2. The average molecular weight is 334 g/mol. The SMILES string of the molecule is CC1CCCN(C(=O)CCc2nc(-c3ccccc3Cl)no2)C1. The maximum absolute atomic E-state index is 12.3. The fourth-order valence-electron chi connectivity index (χ4n) is 2.90. The van der Waals surface area contributed by atoms with Crippen molar-refractivity contribution >= 4 is 17.5 Å². The number of amides is 1. The number of aryl methyl sites for hydroxylation is 1. The molecular weight excluding hydrogens is 314 g/mol. The minimum absolute atomic E-state index is 0.161. The van der Waals surface area contributed by atoms with Crippen LogP contribution in [0.3, 0.4) is 0 Å². The zero-order valence-electron chi connectivity index (χ0n) is 13.2. The molecule has 0 radical (unpaired) electrons. The lowest BCUT2D eigenvalue weighted by molar-refractivity contribution is -0.132. The second-order valence-electron chi connectivity index (χ2n) is 6.08. The first-order chi connectivity index (χ1) is 11.1. The molecule has 1 fully saturated rings. The van der Waals surface area contributed by atoms with Gasteiger partial charge in [0.25, 0.3) is 0 Å². The van der Waals surface area contributed by atoms with E-state index in [4.69, 9.17) is 16.1 Å². The first kappa shape index (κ1) is 16.0. The topological polar surface area (TPSA) is 59.2 Å². The molecule has 3 rings (SSSR count). The van der Waals surface area contributed by atoms with Crippen molar-refractivity contribution in [3.8, 4) is 11.4 Å². The van der Waals surface area contributed by atoms with E-state index in [0.29, 0.717) is 35.5 Å². The number of rotatable bonds is 4. The van der Waals surface area contributed by atoms with E-state index in [1.54, 1.807) is 6.07 Å². The highest BCUT2D eigenvalue weighted by Crippen LogP contribution is 2.25. The van der Waals surface area contributed by atoms with Crippen LogP contribution in [0.1, 0.15) is 32.1 Å². The molecule has 6 heteroatoms. The van der Waals surface area contributed by atoms with E-state index in [-0.39, 0.29) is 5.91 Å². The van der Waals surface area contributed by atoms with Gasteiger partial charge in [0.2, 0.25) is 17.6 Å². The largest absolute Gasteiger partial charge is 0.342 e. The van der Waals surface area contributed by atoms with Gasteiger partial charge in [0, 0.05) is 31.5 Å². The third kappa shape index (κ3) is 3.91. The van der Waals surface area contributed by atoms with Gasteiger partial charge in [0.1, 0.15) is 0 Å². The van der Waals surface area contributed by atoms with Gasteiger partial charge < -0.3 is 9.42 Å². The highest BCUT2D eigenvalue weighted by atomic mass is 35.5. The first-order valence-corrected chi connectivity index (χ1v) is 8.36. The Morgan fingerprint density at radius 2 is 2.26 bits per heavy atom. The van der Waals surface area contributed by atoms with Crippen LogP contribution in [0.2, 0.25) is 5.02 Å². The van der Waals surface area contributed by atoms with E-state index < -0.39 is 0 Å². The van der Waals surface area contributed by atoms with Gasteiger partial charge in [0.05, 0.1) is 5.02 Å². The van der Waals surface area contributed by atoms with Crippen molar-refractivity contribution in [1.82, 2.24) is 15.0 Å². The second-order valence-corrected chi connectivity index (χ2v) is 6.49. The number of benzene rings is 1. The van der Waals surface area contributed by atoms with Crippen LogP contribution in [-0.4, -0.2) is 34.0 Å². The summed E-state index contributed by atoms with van der Waals surface area (Å²) in [4.78, 5) is 18.5. The van der Waals surface area contributed by atoms with E-state index in [9.17, 15) is 4.79 Å². The minimum atomic E-state index is 0.161. The number of hydrogen-bond donors (Lipinski definition) is 0. The number of piperidine rings is 1. The summed E-state index contributed by atoms with van der Waals surface area (Å²) in [6, 6.07) is 7.36. The third-order valence-corrected chi connectivity index (χ3v) is 4.47. The van der Waals surface area contributed by atoms with Crippen LogP contribution in [0.25, 0.3) is 11.4 Å². The van der Waals surface area contributed by atoms with Crippen LogP contribution < -0.4 is 0 Å². The molecule has 1 aliphatic rings. The Morgan fingerprint density at radius 1 is 1.43 bits per heavy atom. The van der Waals surface area contributed by atoms with Gasteiger partial charge in [0.15, 0.2) is 0 Å². The van der Waals surface area contributed by atoms with Gasteiger partial charge in [-0.05, 0) is 30.9 Å². The number of likely N-dealkylation sites (tertiary alicyclic amines) is 1. The quantitative estimate of drug-likeness (QED) is 0.858. The van der Waals surface area contributed by atoms with Crippen molar-refractivity contribution in [1.29, 1.82) is 0 Å². The molecule has 23 heavy (non-hydrogen) atoms. The van der Waals surface area contributed by atoms with Crippen molar-refractivity contribution in [2.24, 2.45) is 5.92 Å². The zero-order chi connectivity index (χ0) is 16.2. The number of nitrogens with zero attached hydrogens (tertiary/aromatic N) is 3. The second kappa shape index (κ2) is 7.13. The molecule has 0 spiro atoms. The minimum Gasteiger partial charge on any atom is -0.342 e. The lowest BCUT2D eigenvalue weighted by Gasteiger charge is -2.30. The molecule has 1 atom stereocenters. The van der Waals surface area contributed by atoms with Crippen molar-refractivity contribution in [3.05, 3.63) is 35.2 Å². The summed E-state index contributed by atoms with van der Waals surface area (Å²) < 4.78 is 5.24. The fraction of sp³-hybridized carbons (Fsp3) is 0.471. The lowest BCUT2D eigenvalue weighted by atomic mass is 10.00. The molecule has 1 saturated heterocycles. The maximum atomic E-state index is 12.3. The van der Waals surface area contributed by atoms with Gasteiger partial charge in [-0.1, -0.05) is 35.8 Å². The molecule has 1 amide bonds. The number of carbonyl (C=O) groups excluding carboxylic acids is 1. The Hall–Kier alpha value is -1.88. The Bertz CT molecular complexity index is 686. The van der Waals surface area contributed by atoms with E-state index in [2.05, 4.69) is 17.1 Å². The van der Waals surface area contributed by atoms with Crippen LogP contribution in [-0.2, 0) is 11.2 Å². The Morgan fingerprint density at radius 3 is 3.04 bits per heavy atom. The summed E-state index contributed by atoms with van der Waals surface area (Å²) >= 11 is 6.13. The van der Waals surface area contributed by atoms with Crippen molar-refractivity contribution in [2.45, 2.75) is 32.6 Å². The summed E-state index contributed by atoms with van der Waals surface area (Å²) in [6.07, 6.45) is 3.15. The monoisotopic (exact) mass is 333 g/mol. The molecule has 2 heterocycles. The first-order valence-electron chi connectivity index (χ1n) is 7.98. The maximum Gasteiger partial charge on any atom is 0.227 e. The smallest absolute Gasteiger partial charge is 0.227 e. The predicted molar refractivity (Wildman–Crippen MR) is 88.0 cm³/mol. The summed E-state index contributed by atoms with van der Waals surface area (Å²) in [5.74, 6) is 1.68. The van der Waals surface area contributed by atoms with Gasteiger partial charge in [-0.15, -0.1) is 0 Å². The highest BCUT2D eigenvalue weighted by Gasteiger charge is 2.21. The Balaban J connectivity index is 1.59. The summed E-state index contributed by atoms with van der Waals surface area (Å²) in [5, 5.41) is 4.54. The Kier molecular flexibility index (Phi) is 4.96. The van der Waals surface area contributed by atoms with Gasteiger partial charge in [-0.3, -0.25) is 4.79 Å². The molecule has 0 N–H and O–H groups in total. The van der Waals surface area contributed by atoms with Crippen molar-refractivity contribution in [3.63, 3.8) is 0 Å². The lowest BCUT2D eigenvalue weighted by Crippen LogP contribution is -2.39. The number of hydrogen-bond acceptors (Lipinski definition) is 4. The average Bonchev–Trinajstić information content (AvgIpc) is 3.02. The van der Waals surface area contributed by atoms with Gasteiger partial charge in [-0.2, -0.15) is 4.98 Å². The zero-order valence-corrected chi connectivity index (χ0v) is 13.9. The van der Waals surface area contributed by atoms with E-state index in [1.807, 2.05) is 23.1 Å². The fourth-order valence-corrected chi connectivity index (χ4v) is 3.12. The number of halogens is 1. The van der Waals surface area contributed by atoms with Crippen molar-refractivity contribution in [2.75, 3.05) is 13.1 Å². The summed E-state index contributed by atoms with van der Waals surface area (Å²) in [5.41, 5.74) is 0.736. The molecule has 0 aliphatic carbocycles. The van der Waals surface area contributed by atoms with Crippen LogP contribution in [0.5, 0.6) is 0 Å². The summed E-state index contributed by atoms with van der Waals surface area (Å²) in [7, 11) is 0. The van der Waals surface area contributed by atoms with E-state index >= 15 is 0 Å². The van der Waals surface area contributed by atoms with Gasteiger partial charge >= 0.3 is 0 Å². The van der Waals surface area contributed by atoms with Crippen LogP contribution in [0.4, 0.5) is 0 Å². The summed E-state index contributed by atoms with van der Waals surface area (Å²) in [6.45, 7) is 3.90. The standard InChI is InChI=1S/C17H20ClN3O2/c1-12-5-4-10-21(11-12)16(22)9-8-15-19-17(20-23-15)13-6-2-3-7-14(13)18/h2-3,6-7,12H,4-5,8-11H2,1H3. The molecule has 0 saturated carbocycles.